The molecule has 0 radical (unpaired) electrons. The molecule has 20 heavy (non-hydrogen) atoms. The lowest BCUT2D eigenvalue weighted by molar-refractivity contribution is -0.111. The van der Waals surface area contributed by atoms with Crippen LogP contribution >= 0.6 is 11.6 Å². The predicted molar refractivity (Wildman–Crippen MR) is 82.5 cm³/mol. The summed E-state index contributed by atoms with van der Waals surface area (Å²) in [6.45, 7) is 1.78. The van der Waals surface area contributed by atoms with E-state index in [1.54, 1.807) is 37.3 Å². The summed E-state index contributed by atoms with van der Waals surface area (Å²) >= 11 is 5.76. The minimum absolute atomic E-state index is 0.236. The van der Waals surface area contributed by atoms with E-state index in [2.05, 4.69) is 10.3 Å². The molecule has 1 aromatic carbocycles. The van der Waals surface area contributed by atoms with Gasteiger partial charge < -0.3 is 11.1 Å². The molecule has 0 bridgehead atoms. The zero-order chi connectivity index (χ0) is 14.5. The van der Waals surface area contributed by atoms with E-state index >= 15 is 0 Å². The van der Waals surface area contributed by atoms with Gasteiger partial charge in [0, 0.05) is 11.8 Å². The average Bonchev–Trinajstić information content (AvgIpc) is 2.40. The lowest BCUT2D eigenvalue weighted by atomic mass is 10.2. The highest BCUT2D eigenvalue weighted by atomic mass is 35.5. The van der Waals surface area contributed by atoms with Crippen LogP contribution in [0.25, 0.3) is 6.08 Å². The summed E-state index contributed by atoms with van der Waals surface area (Å²) in [7, 11) is 0. The van der Waals surface area contributed by atoms with E-state index in [-0.39, 0.29) is 5.91 Å². The first-order valence-corrected chi connectivity index (χ1v) is 6.40. The Labute approximate surface area is 122 Å². The van der Waals surface area contributed by atoms with E-state index in [9.17, 15) is 4.79 Å². The quantitative estimate of drug-likeness (QED) is 0.517. The topological polar surface area (TPSA) is 68.0 Å². The summed E-state index contributed by atoms with van der Waals surface area (Å²) < 4.78 is 0. The van der Waals surface area contributed by atoms with Gasteiger partial charge in [-0.1, -0.05) is 23.7 Å². The molecule has 0 saturated carbocycles. The normalized spacial score (nSPS) is 10.7. The zero-order valence-corrected chi connectivity index (χ0v) is 11.7. The third kappa shape index (κ3) is 3.83. The standard InChI is InChI=1S/C15H14ClN3O/c1-10-13(6-7-14(16)18-10)19-15(20)8-5-11-3-2-4-12(17)9-11/h2-9H,17H2,1H3,(H,19,20)/b8-5+. The molecule has 1 aromatic heterocycles. The van der Waals surface area contributed by atoms with Gasteiger partial charge in [-0.15, -0.1) is 0 Å². The number of anilines is 2. The molecule has 0 saturated heterocycles. The van der Waals surface area contributed by atoms with Crippen LogP contribution < -0.4 is 11.1 Å². The maximum absolute atomic E-state index is 11.8. The van der Waals surface area contributed by atoms with Crippen molar-refractivity contribution in [2.75, 3.05) is 11.1 Å². The summed E-state index contributed by atoms with van der Waals surface area (Å²) in [6, 6.07) is 10.6. The number of nitrogens with two attached hydrogens (primary N) is 1. The SMILES string of the molecule is Cc1nc(Cl)ccc1NC(=O)/C=C/c1cccc(N)c1. The number of nitrogens with zero attached hydrogens (tertiary/aromatic N) is 1. The molecule has 4 nitrogen and oxygen atoms in total. The summed E-state index contributed by atoms with van der Waals surface area (Å²) in [5, 5.41) is 3.14. The van der Waals surface area contributed by atoms with Crippen molar-refractivity contribution in [3.8, 4) is 0 Å². The van der Waals surface area contributed by atoms with E-state index in [1.807, 2.05) is 12.1 Å². The van der Waals surface area contributed by atoms with Crippen LogP contribution in [-0.4, -0.2) is 10.9 Å². The smallest absolute Gasteiger partial charge is 0.248 e. The number of nitrogens with one attached hydrogen (secondary N) is 1. The van der Waals surface area contributed by atoms with Crippen LogP contribution in [0.4, 0.5) is 11.4 Å². The first-order chi connectivity index (χ1) is 9.54. The Morgan fingerprint density at radius 1 is 1.35 bits per heavy atom. The van der Waals surface area contributed by atoms with Crippen molar-refractivity contribution in [1.82, 2.24) is 4.98 Å². The molecule has 0 aliphatic carbocycles. The number of carbonyl (C=O) groups excluding carboxylic acids is 1. The van der Waals surface area contributed by atoms with E-state index < -0.39 is 0 Å². The van der Waals surface area contributed by atoms with Gasteiger partial charge in [0.1, 0.15) is 5.15 Å². The molecule has 3 N–H and O–H groups in total. The number of aromatic nitrogens is 1. The first-order valence-electron chi connectivity index (χ1n) is 6.02. The lowest BCUT2D eigenvalue weighted by Crippen LogP contribution is -2.09. The molecule has 0 spiro atoms. The maximum Gasteiger partial charge on any atom is 0.248 e. The summed E-state index contributed by atoms with van der Waals surface area (Å²) in [4.78, 5) is 15.9. The Bertz CT molecular complexity index is 668. The van der Waals surface area contributed by atoms with Gasteiger partial charge in [-0.3, -0.25) is 4.79 Å². The van der Waals surface area contributed by atoms with E-state index in [0.29, 0.717) is 22.2 Å². The Balaban J connectivity index is 2.05. The average molecular weight is 288 g/mol. The number of hydrogen-bond donors (Lipinski definition) is 2. The fourth-order valence-electron chi connectivity index (χ4n) is 1.67. The molecular formula is C15H14ClN3O. The fourth-order valence-corrected chi connectivity index (χ4v) is 1.86. The van der Waals surface area contributed by atoms with Gasteiger partial charge >= 0.3 is 0 Å². The van der Waals surface area contributed by atoms with Crippen molar-refractivity contribution in [1.29, 1.82) is 0 Å². The molecule has 0 aliphatic rings. The van der Waals surface area contributed by atoms with Gasteiger partial charge in [-0.2, -0.15) is 0 Å². The second-order valence-corrected chi connectivity index (χ2v) is 4.65. The van der Waals surface area contributed by atoms with Crippen molar-refractivity contribution in [2.24, 2.45) is 0 Å². The number of pyridine rings is 1. The number of carbonyl (C=O) groups is 1. The summed E-state index contributed by atoms with van der Waals surface area (Å²) in [6.07, 6.45) is 3.15. The monoisotopic (exact) mass is 287 g/mol. The Morgan fingerprint density at radius 3 is 2.85 bits per heavy atom. The number of hydrogen-bond acceptors (Lipinski definition) is 3. The number of benzene rings is 1. The number of rotatable bonds is 3. The molecule has 2 aromatic rings. The Hall–Kier alpha value is -2.33. The summed E-state index contributed by atoms with van der Waals surface area (Å²) in [5.74, 6) is -0.236. The summed E-state index contributed by atoms with van der Waals surface area (Å²) in [5.41, 5.74) is 8.50. The second kappa shape index (κ2) is 6.21. The largest absolute Gasteiger partial charge is 0.399 e. The highest BCUT2D eigenvalue weighted by Crippen LogP contribution is 2.15. The third-order valence-electron chi connectivity index (χ3n) is 2.65. The van der Waals surface area contributed by atoms with Crippen LogP contribution in [0.3, 0.4) is 0 Å². The van der Waals surface area contributed by atoms with Crippen molar-refractivity contribution in [3.63, 3.8) is 0 Å². The van der Waals surface area contributed by atoms with Gasteiger partial charge in [-0.05, 0) is 42.8 Å². The molecule has 0 unspecified atom stereocenters. The second-order valence-electron chi connectivity index (χ2n) is 4.26. The van der Waals surface area contributed by atoms with Crippen molar-refractivity contribution < 1.29 is 4.79 Å². The van der Waals surface area contributed by atoms with Gasteiger partial charge in [0.25, 0.3) is 0 Å². The van der Waals surface area contributed by atoms with E-state index in [1.165, 1.54) is 6.08 Å². The van der Waals surface area contributed by atoms with E-state index in [4.69, 9.17) is 17.3 Å². The third-order valence-corrected chi connectivity index (χ3v) is 2.86. The zero-order valence-electron chi connectivity index (χ0n) is 10.9. The molecule has 1 heterocycles. The van der Waals surface area contributed by atoms with Crippen LogP contribution in [0, 0.1) is 6.92 Å². The lowest BCUT2D eigenvalue weighted by Gasteiger charge is -2.05. The van der Waals surface area contributed by atoms with Gasteiger partial charge in [0.2, 0.25) is 5.91 Å². The number of halogens is 1. The van der Waals surface area contributed by atoms with Crippen LogP contribution in [0.15, 0.2) is 42.5 Å². The molecule has 0 fully saturated rings. The number of nitrogen functional groups attached to an aromatic ring is 1. The van der Waals surface area contributed by atoms with Gasteiger partial charge in [-0.25, -0.2) is 4.98 Å². The van der Waals surface area contributed by atoms with Crippen LogP contribution in [0.1, 0.15) is 11.3 Å². The maximum atomic E-state index is 11.8. The van der Waals surface area contributed by atoms with Crippen LogP contribution in [-0.2, 0) is 4.79 Å². The van der Waals surface area contributed by atoms with Gasteiger partial charge in [0.15, 0.2) is 0 Å². The minimum atomic E-state index is -0.236. The molecule has 5 heteroatoms. The first kappa shape index (κ1) is 14.1. The molecule has 102 valence electrons. The molecule has 0 atom stereocenters. The molecular weight excluding hydrogens is 274 g/mol. The minimum Gasteiger partial charge on any atom is -0.399 e. The van der Waals surface area contributed by atoms with Crippen molar-refractivity contribution in [3.05, 3.63) is 58.9 Å². The highest BCUT2D eigenvalue weighted by Gasteiger charge is 2.03. The predicted octanol–water partition coefficient (Wildman–Crippen LogP) is 3.28. The van der Waals surface area contributed by atoms with Crippen molar-refractivity contribution >= 4 is 35.0 Å². The number of aryl methyl sites for hydroxylation is 1. The molecule has 1 amide bonds. The van der Waals surface area contributed by atoms with E-state index in [0.717, 1.165) is 5.56 Å². The van der Waals surface area contributed by atoms with Crippen molar-refractivity contribution in [2.45, 2.75) is 6.92 Å². The van der Waals surface area contributed by atoms with Crippen LogP contribution in [0.2, 0.25) is 5.15 Å². The van der Waals surface area contributed by atoms with Crippen LogP contribution in [0.5, 0.6) is 0 Å². The fraction of sp³-hybridized carbons (Fsp3) is 0.0667. The number of amides is 1. The Kier molecular flexibility index (Phi) is 4.38. The molecule has 2 rings (SSSR count). The molecule has 0 aliphatic heterocycles. The Morgan fingerprint density at radius 2 is 2.15 bits per heavy atom. The highest BCUT2D eigenvalue weighted by molar-refractivity contribution is 6.29. The van der Waals surface area contributed by atoms with Gasteiger partial charge in [0.05, 0.1) is 11.4 Å².